The largest absolute Gasteiger partial charge is 0.361 e. The van der Waals surface area contributed by atoms with E-state index in [1.54, 1.807) is 10.7 Å². The standard InChI is InChI=1S/C20H20N4O2/c25-19-9-15-2-1-3-17(15)22-24(19)12-13-10-23(11-13)20(26)16-5-4-14-6-7-21-18(14)8-16/h4-9,13,21H,1-3,10-12H2. The molecule has 1 aliphatic heterocycles. The molecular weight excluding hydrogens is 328 g/mol. The Hall–Kier alpha value is -2.89. The van der Waals surface area contributed by atoms with E-state index in [9.17, 15) is 9.59 Å². The molecule has 3 heterocycles. The first-order valence-corrected chi connectivity index (χ1v) is 9.14. The predicted molar refractivity (Wildman–Crippen MR) is 98.2 cm³/mol. The fraction of sp³-hybridized carbons (Fsp3) is 0.350. The second kappa shape index (κ2) is 5.83. The molecule has 3 aromatic rings. The molecular formula is C20H20N4O2. The number of hydrogen-bond acceptors (Lipinski definition) is 3. The minimum absolute atomic E-state index is 0.0207. The number of rotatable bonds is 3. The Bertz CT molecular complexity index is 1060. The predicted octanol–water partition coefficient (Wildman–Crippen LogP) is 1.99. The first-order valence-electron chi connectivity index (χ1n) is 9.14. The van der Waals surface area contributed by atoms with Gasteiger partial charge in [0.2, 0.25) is 0 Å². The summed E-state index contributed by atoms with van der Waals surface area (Å²) in [5.74, 6) is 0.338. The van der Waals surface area contributed by atoms with E-state index in [0.29, 0.717) is 25.2 Å². The lowest BCUT2D eigenvalue weighted by Gasteiger charge is -2.39. The van der Waals surface area contributed by atoms with Crippen LogP contribution in [0.25, 0.3) is 10.9 Å². The smallest absolute Gasteiger partial charge is 0.267 e. The van der Waals surface area contributed by atoms with Gasteiger partial charge >= 0.3 is 0 Å². The molecule has 2 aromatic heterocycles. The van der Waals surface area contributed by atoms with Crippen LogP contribution >= 0.6 is 0 Å². The Kier molecular flexibility index (Phi) is 3.45. The Morgan fingerprint density at radius 3 is 2.96 bits per heavy atom. The second-order valence-electron chi connectivity index (χ2n) is 7.35. The molecule has 0 bridgehead atoms. The molecule has 1 saturated heterocycles. The van der Waals surface area contributed by atoms with Gasteiger partial charge in [0.1, 0.15) is 0 Å². The highest BCUT2D eigenvalue weighted by atomic mass is 16.2. The summed E-state index contributed by atoms with van der Waals surface area (Å²) in [5, 5.41) is 5.63. The van der Waals surface area contributed by atoms with Crippen LogP contribution in [0.3, 0.4) is 0 Å². The maximum atomic E-state index is 12.6. The summed E-state index contributed by atoms with van der Waals surface area (Å²) in [7, 11) is 0. The molecule has 0 unspecified atom stereocenters. The molecule has 2 aliphatic rings. The lowest BCUT2D eigenvalue weighted by atomic mass is 9.98. The van der Waals surface area contributed by atoms with Crippen LogP contribution < -0.4 is 5.56 Å². The van der Waals surface area contributed by atoms with Crippen molar-refractivity contribution >= 4 is 16.8 Å². The molecule has 1 aliphatic carbocycles. The number of fused-ring (bicyclic) bond motifs is 2. The number of H-pyrrole nitrogens is 1. The fourth-order valence-corrected chi connectivity index (χ4v) is 4.03. The quantitative estimate of drug-likeness (QED) is 0.787. The molecule has 1 amide bonds. The lowest BCUT2D eigenvalue weighted by Crippen LogP contribution is -2.52. The van der Waals surface area contributed by atoms with Crippen molar-refractivity contribution in [3.63, 3.8) is 0 Å². The summed E-state index contributed by atoms with van der Waals surface area (Å²) in [6.45, 7) is 1.94. The van der Waals surface area contributed by atoms with Gasteiger partial charge in [0.15, 0.2) is 0 Å². The van der Waals surface area contributed by atoms with Crippen LogP contribution in [0, 0.1) is 5.92 Å². The Labute approximate surface area is 150 Å². The number of aromatic nitrogens is 3. The molecule has 1 N–H and O–H groups in total. The second-order valence-corrected chi connectivity index (χ2v) is 7.35. The van der Waals surface area contributed by atoms with E-state index in [1.807, 2.05) is 35.4 Å². The van der Waals surface area contributed by atoms with Gasteiger partial charge in [-0.2, -0.15) is 5.10 Å². The van der Waals surface area contributed by atoms with Crippen LogP contribution in [0.5, 0.6) is 0 Å². The van der Waals surface area contributed by atoms with Crippen LogP contribution in [0.1, 0.15) is 28.0 Å². The number of likely N-dealkylation sites (tertiary alicyclic amines) is 1. The van der Waals surface area contributed by atoms with Gasteiger partial charge < -0.3 is 9.88 Å². The number of benzene rings is 1. The van der Waals surface area contributed by atoms with Gasteiger partial charge in [-0.15, -0.1) is 0 Å². The summed E-state index contributed by atoms with van der Waals surface area (Å²) >= 11 is 0. The minimum Gasteiger partial charge on any atom is -0.361 e. The third-order valence-electron chi connectivity index (χ3n) is 5.50. The number of nitrogens with one attached hydrogen (secondary N) is 1. The number of carbonyl (C=O) groups excluding carboxylic acids is 1. The first kappa shape index (κ1) is 15.4. The lowest BCUT2D eigenvalue weighted by molar-refractivity contribution is 0.0458. The maximum absolute atomic E-state index is 12.6. The molecule has 0 saturated carbocycles. The summed E-state index contributed by atoms with van der Waals surface area (Å²) in [6, 6.07) is 9.47. The summed E-state index contributed by atoms with van der Waals surface area (Å²) in [6.07, 6.45) is 4.89. The molecule has 0 spiro atoms. The van der Waals surface area contributed by atoms with Crippen molar-refractivity contribution in [2.24, 2.45) is 5.92 Å². The van der Waals surface area contributed by atoms with Gasteiger partial charge in [-0.05, 0) is 48.4 Å². The third kappa shape index (κ3) is 2.53. The molecule has 6 nitrogen and oxygen atoms in total. The van der Waals surface area contributed by atoms with E-state index < -0.39 is 0 Å². The monoisotopic (exact) mass is 348 g/mol. The van der Waals surface area contributed by atoms with E-state index >= 15 is 0 Å². The first-order chi connectivity index (χ1) is 12.7. The molecule has 0 radical (unpaired) electrons. The van der Waals surface area contributed by atoms with Crippen molar-refractivity contribution in [3.05, 3.63) is 63.7 Å². The fourth-order valence-electron chi connectivity index (χ4n) is 4.03. The van der Waals surface area contributed by atoms with Crippen molar-refractivity contribution < 1.29 is 4.79 Å². The maximum Gasteiger partial charge on any atom is 0.267 e. The highest BCUT2D eigenvalue weighted by Crippen LogP contribution is 2.23. The molecule has 132 valence electrons. The Morgan fingerprint density at radius 2 is 2.08 bits per heavy atom. The van der Waals surface area contributed by atoms with E-state index in [4.69, 9.17) is 0 Å². The summed E-state index contributed by atoms with van der Waals surface area (Å²) < 4.78 is 1.58. The van der Waals surface area contributed by atoms with Gasteiger partial charge in [-0.1, -0.05) is 6.07 Å². The summed E-state index contributed by atoms with van der Waals surface area (Å²) in [4.78, 5) is 29.8. The number of nitrogens with zero attached hydrogens (tertiary/aromatic N) is 3. The van der Waals surface area contributed by atoms with Crippen LogP contribution in [-0.4, -0.2) is 38.7 Å². The number of amides is 1. The van der Waals surface area contributed by atoms with Crippen molar-refractivity contribution in [2.45, 2.75) is 25.8 Å². The molecule has 1 fully saturated rings. The zero-order valence-corrected chi connectivity index (χ0v) is 14.4. The molecule has 5 rings (SSSR count). The van der Waals surface area contributed by atoms with E-state index in [1.165, 1.54) is 0 Å². The average molecular weight is 348 g/mol. The molecule has 26 heavy (non-hydrogen) atoms. The van der Waals surface area contributed by atoms with E-state index in [0.717, 1.165) is 41.4 Å². The van der Waals surface area contributed by atoms with Crippen LogP contribution in [-0.2, 0) is 19.4 Å². The van der Waals surface area contributed by atoms with Crippen molar-refractivity contribution in [2.75, 3.05) is 13.1 Å². The summed E-state index contributed by atoms with van der Waals surface area (Å²) in [5.41, 5.74) is 3.83. The third-order valence-corrected chi connectivity index (χ3v) is 5.50. The number of aryl methyl sites for hydroxylation is 2. The van der Waals surface area contributed by atoms with Gasteiger partial charge in [0.25, 0.3) is 11.5 Å². The van der Waals surface area contributed by atoms with Crippen molar-refractivity contribution in [1.82, 2.24) is 19.7 Å². The number of hydrogen-bond donors (Lipinski definition) is 1. The number of aromatic amines is 1. The highest BCUT2D eigenvalue weighted by Gasteiger charge is 2.32. The van der Waals surface area contributed by atoms with E-state index in [2.05, 4.69) is 10.1 Å². The van der Waals surface area contributed by atoms with Gasteiger partial charge in [-0.25, -0.2) is 4.68 Å². The average Bonchev–Trinajstić information content (AvgIpc) is 3.24. The highest BCUT2D eigenvalue weighted by molar-refractivity contribution is 5.98. The minimum atomic E-state index is -0.0207. The molecule has 1 aromatic carbocycles. The van der Waals surface area contributed by atoms with Crippen molar-refractivity contribution in [3.8, 4) is 0 Å². The van der Waals surface area contributed by atoms with Crippen LogP contribution in [0.15, 0.2) is 41.3 Å². The van der Waals surface area contributed by atoms with E-state index in [-0.39, 0.29) is 17.4 Å². The zero-order valence-electron chi connectivity index (χ0n) is 14.4. The van der Waals surface area contributed by atoms with Gasteiger partial charge in [-0.3, -0.25) is 9.59 Å². The topological polar surface area (TPSA) is 71.0 Å². The Balaban J connectivity index is 1.26. The van der Waals surface area contributed by atoms with Crippen LogP contribution in [0.4, 0.5) is 0 Å². The number of carbonyl (C=O) groups is 1. The molecule has 6 heteroatoms. The van der Waals surface area contributed by atoms with Gasteiger partial charge in [0, 0.05) is 42.4 Å². The molecule has 0 atom stereocenters. The SMILES string of the molecule is O=C(c1ccc2cc[nH]c2c1)N1CC(Cn2nc3c(cc2=O)CCC3)C1. The Morgan fingerprint density at radius 1 is 1.19 bits per heavy atom. The van der Waals surface area contributed by atoms with Crippen LogP contribution in [0.2, 0.25) is 0 Å². The van der Waals surface area contributed by atoms with Gasteiger partial charge in [0.05, 0.1) is 12.2 Å². The van der Waals surface area contributed by atoms with Crippen molar-refractivity contribution in [1.29, 1.82) is 0 Å². The zero-order chi connectivity index (χ0) is 17.7. The normalized spacial score (nSPS) is 16.7.